The molecule has 1 fully saturated rings. The van der Waals surface area contributed by atoms with Crippen molar-refractivity contribution in [1.82, 2.24) is 20.2 Å². The normalized spacial score (nSPS) is 27.7. The van der Waals surface area contributed by atoms with Crippen LogP contribution in [-0.4, -0.2) is 87.5 Å². The van der Waals surface area contributed by atoms with Crippen molar-refractivity contribution in [3.8, 4) is 0 Å². The molecule has 0 aromatic carbocycles. The number of imidazole rings is 1. The van der Waals surface area contributed by atoms with Crippen LogP contribution in [0.25, 0.3) is 23.4 Å². The third-order valence-electron chi connectivity index (χ3n) is 6.38. The molecular weight excluding hydrogens is 480 g/mol. The Morgan fingerprint density at radius 2 is 1.94 bits per heavy atom. The fourth-order valence-corrected chi connectivity index (χ4v) is 4.94. The van der Waals surface area contributed by atoms with Crippen LogP contribution in [0.2, 0.25) is 0 Å². The van der Waals surface area contributed by atoms with Gasteiger partial charge in [0.2, 0.25) is 0 Å². The van der Waals surface area contributed by atoms with E-state index in [2.05, 4.69) is 27.2 Å². The maximum Gasteiger partial charge on any atom is 0.301 e. The molecule has 1 saturated heterocycles. The van der Waals surface area contributed by atoms with E-state index in [1.54, 1.807) is 6.92 Å². The van der Waals surface area contributed by atoms with E-state index in [0.717, 1.165) is 17.6 Å². The highest BCUT2D eigenvalue weighted by molar-refractivity contribution is 7.14. The zero-order chi connectivity index (χ0) is 25.9. The number of nitrogens with zero attached hydrogens (tertiary/aromatic N) is 2. The van der Waals surface area contributed by atoms with Gasteiger partial charge in [-0.25, -0.2) is 4.98 Å². The van der Waals surface area contributed by atoms with Gasteiger partial charge in [0, 0.05) is 28.8 Å². The summed E-state index contributed by atoms with van der Waals surface area (Å²) in [6, 6.07) is 0.645. The van der Waals surface area contributed by atoms with Crippen LogP contribution in [-0.2, 0) is 0 Å². The predicted octanol–water partition coefficient (Wildman–Crippen LogP) is -3.76. The van der Waals surface area contributed by atoms with Crippen molar-refractivity contribution in [2.75, 3.05) is 12.4 Å². The second-order valence-electron chi connectivity index (χ2n) is 8.51. The smallest absolute Gasteiger partial charge is 0.301 e. The van der Waals surface area contributed by atoms with Gasteiger partial charge in [-0.15, -0.1) is 11.3 Å². The molecule has 35 heavy (non-hydrogen) atoms. The van der Waals surface area contributed by atoms with Gasteiger partial charge in [-0.3, -0.25) is 5.32 Å². The number of allylic oxidation sites excluding steroid dienone is 1. The lowest BCUT2D eigenvalue weighted by molar-refractivity contribution is -0.484. The summed E-state index contributed by atoms with van der Waals surface area (Å²) in [5, 5.41) is 81.4. The molecule has 2 aromatic rings. The summed E-state index contributed by atoms with van der Waals surface area (Å²) in [6.07, 6.45) is 2.34. The molecule has 0 saturated carbocycles. The van der Waals surface area contributed by atoms with Crippen molar-refractivity contribution in [2.24, 2.45) is 11.7 Å². The highest BCUT2D eigenvalue weighted by Gasteiger charge is 2.62. The molecule has 13 nitrogen and oxygen atoms in total. The summed E-state index contributed by atoms with van der Waals surface area (Å²) in [4.78, 5) is 7.61. The Hall–Kier alpha value is -2.63. The number of aliphatic hydroxyl groups excluding tert-OH is 1. The molecule has 2 aromatic heterocycles. The average Bonchev–Trinajstić information content (AvgIpc) is 3.42. The first-order valence-corrected chi connectivity index (χ1v) is 11.4. The fourth-order valence-electron chi connectivity index (χ4n) is 4.14. The van der Waals surface area contributed by atoms with Crippen LogP contribution in [0, 0.1) is 5.92 Å². The van der Waals surface area contributed by atoms with Gasteiger partial charge in [0.1, 0.15) is 16.9 Å². The van der Waals surface area contributed by atoms with Crippen LogP contribution >= 0.6 is 11.3 Å². The number of rotatable bonds is 4. The molecule has 190 valence electrons. The van der Waals surface area contributed by atoms with Crippen LogP contribution in [0.5, 0.6) is 0 Å². The molecule has 3 heterocycles. The number of likely N-dealkylation sites (N-methyl/N-ethyl adjacent to an activating group) is 1. The van der Waals surface area contributed by atoms with Crippen molar-refractivity contribution < 1.29 is 35.7 Å². The van der Waals surface area contributed by atoms with E-state index in [0.29, 0.717) is 27.8 Å². The lowest BCUT2D eigenvalue weighted by Gasteiger charge is -2.52. The van der Waals surface area contributed by atoms with Gasteiger partial charge in [0.05, 0.1) is 10.7 Å². The van der Waals surface area contributed by atoms with Crippen molar-refractivity contribution in [1.29, 1.82) is 0 Å². The van der Waals surface area contributed by atoms with E-state index in [9.17, 15) is 35.7 Å². The van der Waals surface area contributed by atoms with E-state index in [1.165, 1.54) is 29.7 Å². The molecule has 0 amide bonds. The SMILES string of the molecule is C=CNc1sccc1/C(N)=C(\C)c1nc2c([nH]1)=CC1C(C=2)NC(O)(O)C(O)(O)N(C)C(O)(O)C1O. The molecule has 0 radical (unpaired) electrons. The Morgan fingerprint density at radius 3 is 2.60 bits per heavy atom. The third-order valence-corrected chi connectivity index (χ3v) is 7.22. The third kappa shape index (κ3) is 3.99. The topological polar surface area (TPSA) is 224 Å². The standard InChI is InChI=1S/C21H28N6O7S/c1-4-23-18-10(5-6-35-18)15(22)9(2)17-24-13-7-11-12(8-14(13)25-17)26-20(31,32)21(33,34)27(3)19(29,30)16(11)28/h4-8,11-12,16,23,26,28-34H,1,22H2,2-3H3,(H,24,25)/b15-9-. The minimum Gasteiger partial charge on any atom is -0.398 e. The summed E-state index contributed by atoms with van der Waals surface area (Å²) < 4.78 is 0. The van der Waals surface area contributed by atoms with Gasteiger partial charge in [-0.05, 0) is 37.7 Å². The number of hydrogen-bond acceptors (Lipinski definition) is 13. The van der Waals surface area contributed by atoms with Crippen molar-refractivity contribution >= 4 is 39.8 Å². The summed E-state index contributed by atoms with van der Waals surface area (Å²) in [5.41, 5.74) is 8.17. The Labute approximate surface area is 203 Å². The van der Waals surface area contributed by atoms with Crippen LogP contribution < -0.4 is 27.1 Å². The number of aliphatic hydroxyl groups is 7. The summed E-state index contributed by atoms with van der Waals surface area (Å²) in [5.74, 6) is -11.1. The van der Waals surface area contributed by atoms with Gasteiger partial charge < -0.3 is 51.8 Å². The van der Waals surface area contributed by atoms with E-state index >= 15 is 0 Å². The van der Waals surface area contributed by atoms with Gasteiger partial charge in [0.15, 0.2) is 0 Å². The molecule has 3 unspecified atom stereocenters. The van der Waals surface area contributed by atoms with Gasteiger partial charge in [0.25, 0.3) is 11.8 Å². The summed E-state index contributed by atoms with van der Waals surface area (Å²) >= 11 is 1.44. The molecule has 2 aliphatic rings. The minimum absolute atomic E-state index is 0.0267. The van der Waals surface area contributed by atoms with E-state index in [-0.39, 0.29) is 4.90 Å². The maximum absolute atomic E-state index is 10.7. The average molecular weight is 509 g/mol. The van der Waals surface area contributed by atoms with Crippen LogP contribution in [0.1, 0.15) is 18.3 Å². The second-order valence-corrected chi connectivity index (χ2v) is 9.43. The Morgan fingerprint density at radius 1 is 1.26 bits per heavy atom. The van der Waals surface area contributed by atoms with E-state index < -0.39 is 35.8 Å². The zero-order valence-corrected chi connectivity index (χ0v) is 19.7. The van der Waals surface area contributed by atoms with E-state index in [4.69, 9.17) is 5.73 Å². The molecule has 0 spiro atoms. The molecule has 12 N–H and O–H groups in total. The van der Waals surface area contributed by atoms with Gasteiger partial charge >= 0.3 is 5.91 Å². The molecule has 4 rings (SSSR count). The number of fused-ring (bicyclic) bond motifs is 2. The molecule has 3 atom stereocenters. The van der Waals surface area contributed by atoms with Gasteiger partial charge in [-0.2, -0.15) is 4.90 Å². The number of hydrogen-bond donors (Lipinski definition) is 11. The Kier molecular flexibility index (Phi) is 6.18. The number of aromatic amines is 1. The Balaban J connectivity index is 1.81. The molecule has 0 bridgehead atoms. The quantitative estimate of drug-likeness (QED) is 0.179. The highest BCUT2D eigenvalue weighted by Crippen LogP contribution is 2.35. The molecule has 14 heteroatoms. The highest BCUT2D eigenvalue weighted by atomic mass is 32.1. The predicted molar refractivity (Wildman–Crippen MR) is 127 cm³/mol. The number of nitrogens with two attached hydrogens (primary N) is 1. The van der Waals surface area contributed by atoms with Crippen LogP contribution in [0.3, 0.4) is 0 Å². The molecule has 1 aliphatic heterocycles. The van der Waals surface area contributed by atoms with Crippen molar-refractivity contribution in [2.45, 2.75) is 36.8 Å². The monoisotopic (exact) mass is 508 g/mol. The first-order chi connectivity index (χ1) is 16.2. The number of thiophene rings is 1. The lowest BCUT2D eigenvalue weighted by atomic mass is 9.86. The largest absolute Gasteiger partial charge is 0.398 e. The first kappa shape index (κ1) is 25.5. The van der Waals surface area contributed by atoms with Crippen LogP contribution in [0.4, 0.5) is 5.00 Å². The fraction of sp³-hybridized carbons (Fsp3) is 0.381. The van der Waals surface area contributed by atoms with Gasteiger partial charge in [-0.1, -0.05) is 12.7 Å². The number of H-pyrrole nitrogens is 1. The number of anilines is 1. The van der Waals surface area contributed by atoms with Crippen molar-refractivity contribution in [3.05, 3.63) is 46.3 Å². The summed E-state index contributed by atoms with van der Waals surface area (Å²) in [6.45, 7) is 5.41. The lowest BCUT2D eigenvalue weighted by Crippen LogP contribution is -2.80. The van der Waals surface area contributed by atoms with E-state index in [1.807, 2.05) is 11.4 Å². The summed E-state index contributed by atoms with van der Waals surface area (Å²) in [7, 11) is 0.787. The zero-order valence-electron chi connectivity index (χ0n) is 18.8. The second kappa shape index (κ2) is 8.49. The Bertz CT molecular complexity index is 1300. The van der Waals surface area contributed by atoms with Crippen LogP contribution in [0.15, 0.2) is 24.2 Å². The molecule has 1 aliphatic carbocycles. The minimum atomic E-state index is -3.60. The maximum atomic E-state index is 10.7. The van der Waals surface area contributed by atoms with Crippen molar-refractivity contribution in [3.63, 3.8) is 0 Å². The number of nitrogens with one attached hydrogen (secondary N) is 3. The number of aromatic nitrogens is 2. The first-order valence-electron chi connectivity index (χ1n) is 10.5. The molecular formula is C21H28N6O7S.